The number of amides is 1. The van der Waals surface area contributed by atoms with Crippen molar-refractivity contribution in [2.24, 2.45) is 0 Å². The molecule has 1 N–H and O–H groups in total. The van der Waals surface area contributed by atoms with Crippen LogP contribution < -0.4 is 5.32 Å². The van der Waals surface area contributed by atoms with Crippen molar-refractivity contribution >= 4 is 17.7 Å². The van der Waals surface area contributed by atoms with E-state index in [0.717, 1.165) is 39.0 Å². The minimum atomic E-state index is 0.331. The Labute approximate surface area is 110 Å². The molecule has 1 rings (SSSR count). The number of hydrogen-bond donors (Lipinski definition) is 1. The fraction of sp³-hybridized carbons (Fsp3) is 0.923. The predicted octanol–water partition coefficient (Wildman–Crippen LogP) is 2.12. The maximum atomic E-state index is 12.1. The summed E-state index contributed by atoms with van der Waals surface area (Å²) in [4.78, 5) is 14.1. The fourth-order valence-electron chi connectivity index (χ4n) is 2.14. The van der Waals surface area contributed by atoms with E-state index in [9.17, 15) is 4.79 Å². The highest BCUT2D eigenvalue weighted by Gasteiger charge is 2.17. The average Bonchev–Trinajstić information content (AvgIpc) is 2.37. The lowest BCUT2D eigenvalue weighted by molar-refractivity contribution is -0.128. The highest BCUT2D eigenvalue weighted by molar-refractivity contribution is 8.00. The van der Waals surface area contributed by atoms with Crippen molar-refractivity contribution < 1.29 is 4.79 Å². The normalized spacial score (nSPS) is 17.1. The third-order valence-electron chi connectivity index (χ3n) is 3.07. The molecule has 0 spiro atoms. The first-order valence-electron chi connectivity index (χ1n) is 6.88. The van der Waals surface area contributed by atoms with E-state index < -0.39 is 0 Å². The topological polar surface area (TPSA) is 32.3 Å². The highest BCUT2D eigenvalue weighted by atomic mass is 32.2. The van der Waals surface area contributed by atoms with Gasteiger partial charge < -0.3 is 10.2 Å². The van der Waals surface area contributed by atoms with Crippen molar-refractivity contribution in [1.82, 2.24) is 10.2 Å². The molecule has 100 valence electrons. The SMILES string of the molecule is CCCN(CCC)C(=O)CSC1CCNCC1. The molecule has 0 bridgehead atoms. The molecule has 1 aliphatic heterocycles. The Morgan fingerprint density at radius 3 is 2.35 bits per heavy atom. The van der Waals surface area contributed by atoms with Gasteiger partial charge in [0.1, 0.15) is 0 Å². The number of nitrogens with one attached hydrogen (secondary N) is 1. The molecule has 3 nitrogen and oxygen atoms in total. The van der Waals surface area contributed by atoms with Crippen LogP contribution in [0.3, 0.4) is 0 Å². The van der Waals surface area contributed by atoms with Gasteiger partial charge in [0.25, 0.3) is 0 Å². The van der Waals surface area contributed by atoms with Gasteiger partial charge in [0, 0.05) is 18.3 Å². The van der Waals surface area contributed by atoms with E-state index in [4.69, 9.17) is 0 Å². The smallest absolute Gasteiger partial charge is 0.232 e. The summed E-state index contributed by atoms with van der Waals surface area (Å²) in [5, 5.41) is 4.04. The molecular formula is C13H26N2OS. The minimum absolute atomic E-state index is 0.331. The number of rotatable bonds is 7. The summed E-state index contributed by atoms with van der Waals surface area (Å²) in [6, 6.07) is 0. The molecule has 0 aromatic heterocycles. The zero-order chi connectivity index (χ0) is 12.5. The van der Waals surface area contributed by atoms with Crippen LogP contribution in [-0.2, 0) is 4.79 Å². The number of thioether (sulfide) groups is 1. The maximum absolute atomic E-state index is 12.1. The van der Waals surface area contributed by atoms with Crippen LogP contribution in [0.4, 0.5) is 0 Å². The summed E-state index contributed by atoms with van der Waals surface area (Å²) in [5.41, 5.74) is 0. The second-order valence-electron chi connectivity index (χ2n) is 4.64. The van der Waals surface area contributed by atoms with Crippen LogP contribution in [0.25, 0.3) is 0 Å². The summed E-state index contributed by atoms with van der Waals surface area (Å²) in [5.74, 6) is 1.00. The van der Waals surface area contributed by atoms with Crippen LogP contribution in [0, 0.1) is 0 Å². The van der Waals surface area contributed by atoms with E-state index >= 15 is 0 Å². The van der Waals surface area contributed by atoms with Gasteiger partial charge in [0.15, 0.2) is 0 Å². The number of nitrogens with zero attached hydrogens (tertiary/aromatic N) is 1. The molecule has 0 atom stereocenters. The van der Waals surface area contributed by atoms with Gasteiger partial charge in [-0.25, -0.2) is 0 Å². The molecule has 0 radical (unpaired) electrons. The Balaban J connectivity index is 2.25. The average molecular weight is 258 g/mol. The zero-order valence-electron chi connectivity index (χ0n) is 11.2. The van der Waals surface area contributed by atoms with Crippen LogP contribution in [0.15, 0.2) is 0 Å². The molecule has 1 saturated heterocycles. The van der Waals surface area contributed by atoms with Gasteiger partial charge in [-0.2, -0.15) is 0 Å². The highest BCUT2D eigenvalue weighted by Crippen LogP contribution is 2.20. The predicted molar refractivity (Wildman–Crippen MR) is 75.5 cm³/mol. The largest absolute Gasteiger partial charge is 0.342 e. The lowest BCUT2D eigenvalue weighted by atomic mass is 10.2. The molecule has 1 fully saturated rings. The number of carbonyl (C=O) groups is 1. The molecule has 1 amide bonds. The lowest BCUT2D eigenvalue weighted by Gasteiger charge is -2.25. The van der Waals surface area contributed by atoms with Crippen LogP contribution in [0.5, 0.6) is 0 Å². The second-order valence-corrected chi connectivity index (χ2v) is 5.93. The molecular weight excluding hydrogens is 232 g/mol. The molecule has 4 heteroatoms. The molecule has 0 aliphatic carbocycles. The standard InChI is InChI=1S/C13H26N2OS/c1-3-9-15(10-4-2)13(16)11-17-12-5-7-14-8-6-12/h12,14H,3-11H2,1-2H3. The van der Waals surface area contributed by atoms with E-state index in [-0.39, 0.29) is 0 Å². The monoisotopic (exact) mass is 258 g/mol. The van der Waals surface area contributed by atoms with Crippen molar-refractivity contribution in [3.8, 4) is 0 Å². The van der Waals surface area contributed by atoms with Crippen LogP contribution >= 0.6 is 11.8 Å². The van der Waals surface area contributed by atoms with Crippen LogP contribution in [0.2, 0.25) is 0 Å². The Bertz CT molecular complexity index is 211. The van der Waals surface area contributed by atoms with Gasteiger partial charge in [-0.1, -0.05) is 13.8 Å². The second kappa shape index (κ2) is 8.81. The van der Waals surface area contributed by atoms with E-state index in [2.05, 4.69) is 19.2 Å². The summed E-state index contributed by atoms with van der Waals surface area (Å²) in [6.45, 7) is 8.32. The van der Waals surface area contributed by atoms with Gasteiger partial charge in [0.05, 0.1) is 5.75 Å². The maximum Gasteiger partial charge on any atom is 0.232 e. The summed E-state index contributed by atoms with van der Waals surface area (Å²) < 4.78 is 0. The molecule has 1 heterocycles. The lowest BCUT2D eigenvalue weighted by Crippen LogP contribution is -2.35. The van der Waals surface area contributed by atoms with Gasteiger partial charge in [-0.3, -0.25) is 4.79 Å². The Morgan fingerprint density at radius 1 is 1.24 bits per heavy atom. The quantitative estimate of drug-likeness (QED) is 0.759. The third-order valence-corrected chi connectivity index (χ3v) is 4.42. The Kier molecular flexibility index (Phi) is 7.69. The number of hydrogen-bond acceptors (Lipinski definition) is 3. The number of carbonyl (C=O) groups excluding carboxylic acids is 1. The number of piperidine rings is 1. The summed E-state index contributed by atoms with van der Waals surface area (Å²) in [6.07, 6.45) is 4.53. The molecule has 0 aromatic carbocycles. The van der Waals surface area contributed by atoms with Crippen LogP contribution in [-0.4, -0.2) is 48.0 Å². The van der Waals surface area contributed by atoms with Gasteiger partial charge in [0.2, 0.25) is 5.91 Å². The molecule has 0 aromatic rings. The van der Waals surface area contributed by atoms with Crippen molar-refractivity contribution in [3.05, 3.63) is 0 Å². The molecule has 17 heavy (non-hydrogen) atoms. The van der Waals surface area contributed by atoms with E-state index in [1.54, 1.807) is 0 Å². The Morgan fingerprint density at radius 2 is 1.82 bits per heavy atom. The Hall–Kier alpha value is -0.220. The molecule has 1 aliphatic rings. The first-order valence-corrected chi connectivity index (χ1v) is 7.92. The van der Waals surface area contributed by atoms with E-state index in [1.807, 2.05) is 16.7 Å². The first-order chi connectivity index (χ1) is 8.27. The fourth-order valence-corrected chi connectivity index (χ4v) is 3.27. The van der Waals surface area contributed by atoms with Gasteiger partial charge in [-0.05, 0) is 38.8 Å². The minimum Gasteiger partial charge on any atom is -0.342 e. The zero-order valence-corrected chi connectivity index (χ0v) is 12.0. The summed E-state index contributed by atoms with van der Waals surface area (Å²) >= 11 is 1.85. The van der Waals surface area contributed by atoms with E-state index in [0.29, 0.717) is 16.9 Å². The molecule has 0 unspecified atom stereocenters. The van der Waals surface area contributed by atoms with Gasteiger partial charge >= 0.3 is 0 Å². The van der Waals surface area contributed by atoms with Crippen molar-refractivity contribution in [2.75, 3.05) is 31.9 Å². The van der Waals surface area contributed by atoms with Crippen LogP contribution in [0.1, 0.15) is 39.5 Å². The first kappa shape index (κ1) is 14.8. The van der Waals surface area contributed by atoms with Crippen molar-refractivity contribution in [1.29, 1.82) is 0 Å². The van der Waals surface area contributed by atoms with E-state index in [1.165, 1.54) is 12.8 Å². The van der Waals surface area contributed by atoms with Crippen molar-refractivity contribution in [3.63, 3.8) is 0 Å². The summed E-state index contributed by atoms with van der Waals surface area (Å²) in [7, 11) is 0. The third kappa shape index (κ3) is 5.77. The van der Waals surface area contributed by atoms with Gasteiger partial charge in [-0.15, -0.1) is 11.8 Å². The van der Waals surface area contributed by atoms with Crippen molar-refractivity contribution in [2.45, 2.75) is 44.8 Å². The molecule has 0 saturated carbocycles.